The Bertz CT molecular complexity index is 269. The summed E-state index contributed by atoms with van der Waals surface area (Å²) in [7, 11) is 0. The molecule has 0 saturated carbocycles. The molecule has 1 atom stereocenters. The van der Waals surface area contributed by atoms with E-state index < -0.39 is 11.9 Å². The van der Waals surface area contributed by atoms with Crippen LogP contribution in [0.1, 0.15) is 11.9 Å². The minimum atomic E-state index is -0.897. The molecule has 1 rings (SSSR count). The van der Waals surface area contributed by atoms with Gasteiger partial charge in [-0.25, -0.2) is 9.63 Å². The second kappa shape index (κ2) is 3.56. The molecule has 1 aromatic heterocycles. The molecule has 6 heteroatoms. The van der Waals surface area contributed by atoms with Crippen LogP contribution in [0.15, 0.2) is 15.4 Å². The third-order valence-electron chi connectivity index (χ3n) is 1.14. The zero-order valence-corrected chi connectivity index (χ0v) is 6.26. The molecule has 1 aromatic rings. The van der Waals surface area contributed by atoms with Gasteiger partial charge in [0.2, 0.25) is 0 Å². The molecule has 0 radical (unpaired) electrons. The van der Waals surface area contributed by atoms with E-state index in [-0.39, 0.29) is 12.3 Å². The Morgan fingerprint density at radius 2 is 2.64 bits per heavy atom. The summed E-state index contributed by atoms with van der Waals surface area (Å²) in [6.07, 6.45) is 0.396. The largest absolute Gasteiger partial charge is 0.416 e. The first-order chi connectivity index (χ1) is 5.24. The highest BCUT2D eigenvalue weighted by atomic mass is 35.5. The van der Waals surface area contributed by atoms with Crippen molar-refractivity contribution in [2.75, 3.05) is 6.54 Å². The molecule has 3 N–H and O–H groups in total. The van der Waals surface area contributed by atoms with Crippen molar-refractivity contribution in [2.45, 2.75) is 6.10 Å². The van der Waals surface area contributed by atoms with Gasteiger partial charge in [0.25, 0.3) is 0 Å². The highest BCUT2D eigenvalue weighted by Gasteiger charge is 2.10. The van der Waals surface area contributed by atoms with Crippen molar-refractivity contribution in [3.05, 3.63) is 22.5 Å². The average Bonchev–Trinajstić information content (AvgIpc) is 2.36. The Labute approximate surface area is 67.1 Å². The van der Waals surface area contributed by atoms with Crippen molar-refractivity contribution >= 4 is 11.8 Å². The molecule has 0 saturated heterocycles. The molecular formula is C5H7ClN2O3. The molecular weight excluding hydrogens is 172 g/mol. The van der Waals surface area contributed by atoms with Crippen LogP contribution in [0.25, 0.3) is 0 Å². The molecule has 0 amide bonds. The fraction of sp³-hybridized carbons (Fsp3) is 0.400. The maximum atomic E-state index is 10.4. The normalized spacial score (nSPS) is 13.3. The number of H-pyrrole nitrogens is 1. The van der Waals surface area contributed by atoms with E-state index in [2.05, 4.69) is 14.2 Å². The number of aromatic nitrogens is 1. The zero-order chi connectivity index (χ0) is 8.27. The highest BCUT2D eigenvalue weighted by Crippen LogP contribution is 2.07. The second-order valence-electron chi connectivity index (χ2n) is 1.93. The Hall–Kier alpha value is -0.780. The van der Waals surface area contributed by atoms with Crippen LogP contribution < -0.4 is 10.6 Å². The summed E-state index contributed by atoms with van der Waals surface area (Å²) in [5.41, 5.74) is 0. The summed E-state index contributed by atoms with van der Waals surface area (Å²) >= 11 is 5.11. The Morgan fingerprint density at radius 3 is 3.09 bits per heavy atom. The van der Waals surface area contributed by atoms with E-state index >= 15 is 0 Å². The van der Waals surface area contributed by atoms with Crippen molar-refractivity contribution < 1.29 is 9.52 Å². The number of aromatic amines is 1. The van der Waals surface area contributed by atoms with Gasteiger partial charge in [-0.2, -0.15) is 0 Å². The topological polar surface area (TPSA) is 78.3 Å². The van der Waals surface area contributed by atoms with Gasteiger partial charge in [0.1, 0.15) is 6.10 Å². The molecule has 62 valence electrons. The maximum absolute atomic E-state index is 10.4. The first-order valence-electron chi connectivity index (χ1n) is 2.94. The number of hydrogen-bond donors (Lipinski definition) is 3. The smallest absolute Gasteiger partial charge is 0.410 e. The third kappa shape index (κ3) is 2.07. The van der Waals surface area contributed by atoms with Crippen molar-refractivity contribution in [3.8, 4) is 0 Å². The maximum Gasteiger partial charge on any atom is 0.416 e. The molecule has 1 heterocycles. The fourth-order valence-corrected chi connectivity index (χ4v) is 0.780. The van der Waals surface area contributed by atoms with Gasteiger partial charge in [-0.05, 0) is 11.8 Å². The minimum absolute atomic E-state index is 0.127. The highest BCUT2D eigenvalue weighted by molar-refractivity contribution is 6.13. The molecule has 0 aliphatic heterocycles. The van der Waals surface area contributed by atoms with E-state index in [1.165, 1.54) is 6.20 Å². The number of oxazole rings is 1. The lowest BCUT2D eigenvalue weighted by Crippen LogP contribution is -2.11. The standard InChI is InChI=1S/C5H7ClN2O3/c6-8-1-3(9)4-2-7-5(10)11-4/h2-3,8-9H,1H2,(H,7,10). The number of aliphatic hydroxyl groups is 1. The molecule has 1 unspecified atom stereocenters. The summed E-state index contributed by atoms with van der Waals surface area (Å²) in [6.45, 7) is 0.127. The van der Waals surface area contributed by atoms with E-state index in [4.69, 9.17) is 16.9 Å². The van der Waals surface area contributed by atoms with Gasteiger partial charge in [-0.1, -0.05) is 0 Å². The predicted molar refractivity (Wildman–Crippen MR) is 38.1 cm³/mol. The van der Waals surface area contributed by atoms with Crippen LogP contribution in [-0.4, -0.2) is 16.6 Å². The van der Waals surface area contributed by atoms with E-state index in [0.29, 0.717) is 0 Å². The molecule has 0 aliphatic carbocycles. The van der Waals surface area contributed by atoms with Gasteiger partial charge < -0.3 is 9.52 Å². The second-order valence-corrected chi connectivity index (χ2v) is 2.20. The van der Waals surface area contributed by atoms with E-state index in [1.807, 2.05) is 0 Å². The summed E-state index contributed by atoms with van der Waals surface area (Å²) in [4.78, 5) is 14.9. The van der Waals surface area contributed by atoms with Crippen molar-refractivity contribution in [1.29, 1.82) is 0 Å². The van der Waals surface area contributed by atoms with Crippen LogP contribution in [-0.2, 0) is 0 Å². The van der Waals surface area contributed by atoms with E-state index in [1.54, 1.807) is 0 Å². The molecule has 5 nitrogen and oxygen atoms in total. The fourth-order valence-electron chi connectivity index (χ4n) is 0.634. The van der Waals surface area contributed by atoms with Crippen LogP contribution in [0.4, 0.5) is 0 Å². The molecule has 0 aliphatic rings. The van der Waals surface area contributed by atoms with E-state index in [9.17, 15) is 4.79 Å². The van der Waals surface area contributed by atoms with Gasteiger partial charge in [0, 0.05) is 12.7 Å². The van der Waals surface area contributed by atoms with Crippen molar-refractivity contribution in [3.63, 3.8) is 0 Å². The van der Waals surface area contributed by atoms with Gasteiger partial charge >= 0.3 is 5.76 Å². The first-order valence-corrected chi connectivity index (χ1v) is 3.32. The lowest BCUT2D eigenvalue weighted by Gasteiger charge is -2.02. The first kappa shape index (κ1) is 8.32. The van der Waals surface area contributed by atoms with Gasteiger partial charge in [-0.15, -0.1) is 0 Å². The van der Waals surface area contributed by atoms with Crippen LogP contribution in [0.3, 0.4) is 0 Å². The molecule has 0 aromatic carbocycles. The summed E-state index contributed by atoms with van der Waals surface area (Å²) in [6, 6.07) is 0. The van der Waals surface area contributed by atoms with Crippen LogP contribution in [0.2, 0.25) is 0 Å². The predicted octanol–water partition coefficient (Wildman–Crippen LogP) is -0.255. The lowest BCUT2D eigenvalue weighted by atomic mass is 10.3. The van der Waals surface area contributed by atoms with Crippen molar-refractivity contribution in [2.24, 2.45) is 0 Å². The molecule has 0 fully saturated rings. The molecule has 0 spiro atoms. The summed E-state index contributed by atoms with van der Waals surface area (Å²) in [5, 5.41) is 9.13. The Balaban J connectivity index is 2.68. The van der Waals surface area contributed by atoms with Gasteiger partial charge in [0.05, 0.1) is 0 Å². The average molecular weight is 179 g/mol. The number of halogens is 1. The molecule has 11 heavy (non-hydrogen) atoms. The molecule has 0 bridgehead atoms. The van der Waals surface area contributed by atoms with Crippen LogP contribution in [0, 0.1) is 0 Å². The number of nitrogens with one attached hydrogen (secondary N) is 2. The minimum Gasteiger partial charge on any atom is -0.410 e. The Morgan fingerprint density at radius 1 is 1.91 bits per heavy atom. The summed E-state index contributed by atoms with van der Waals surface area (Å²) < 4.78 is 4.54. The Kier molecular flexibility index (Phi) is 2.70. The van der Waals surface area contributed by atoms with Crippen LogP contribution in [0.5, 0.6) is 0 Å². The third-order valence-corrected chi connectivity index (χ3v) is 1.30. The number of aliphatic hydroxyl groups excluding tert-OH is 1. The monoisotopic (exact) mass is 178 g/mol. The summed E-state index contributed by atoms with van der Waals surface area (Å²) in [5.74, 6) is -0.420. The number of hydrogen-bond acceptors (Lipinski definition) is 4. The zero-order valence-electron chi connectivity index (χ0n) is 5.50. The van der Waals surface area contributed by atoms with Gasteiger partial charge in [-0.3, -0.25) is 4.98 Å². The number of rotatable bonds is 3. The SMILES string of the molecule is O=c1[nH]cc(C(O)CNCl)o1. The van der Waals surface area contributed by atoms with Crippen molar-refractivity contribution in [1.82, 2.24) is 9.82 Å². The lowest BCUT2D eigenvalue weighted by molar-refractivity contribution is 0.152. The quantitative estimate of drug-likeness (QED) is 0.558. The van der Waals surface area contributed by atoms with E-state index in [0.717, 1.165) is 0 Å². The van der Waals surface area contributed by atoms with Crippen LogP contribution >= 0.6 is 11.8 Å². The van der Waals surface area contributed by atoms with Gasteiger partial charge in [0.15, 0.2) is 5.76 Å².